The van der Waals surface area contributed by atoms with Gasteiger partial charge in [0, 0.05) is 0 Å². The average Bonchev–Trinajstić information content (AvgIpc) is 2.08. The van der Waals surface area contributed by atoms with Crippen LogP contribution in [0, 0.1) is 0 Å². The van der Waals surface area contributed by atoms with Gasteiger partial charge in [0.05, 0.1) is 6.61 Å². The van der Waals surface area contributed by atoms with Crippen molar-refractivity contribution >= 4 is 0 Å². The molecular formula is C6H12O6. The minimum absolute atomic E-state index is 0.526. The van der Waals surface area contributed by atoms with Crippen molar-refractivity contribution in [3.8, 4) is 0 Å². The average molecular weight is 180 g/mol. The van der Waals surface area contributed by atoms with E-state index in [9.17, 15) is 0 Å². The lowest BCUT2D eigenvalue weighted by Crippen LogP contribution is -2.58. The van der Waals surface area contributed by atoms with Crippen LogP contribution in [0.1, 0.15) is 0 Å². The Hall–Kier alpha value is -0.240. The van der Waals surface area contributed by atoms with Crippen LogP contribution < -0.4 is 0 Å². The summed E-state index contributed by atoms with van der Waals surface area (Å²) in [7, 11) is 0. The molecule has 1 aliphatic heterocycles. The van der Waals surface area contributed by atoms with Gasteiger partial charge in [-0.1, -0.05) is 0 Å². The lowest BCUT2D eigenvalue weighted by Gasteiger charge is -2.37. The summed E-state index contributed by atoms with van der Waals surface area (Å²) in [6.45, 7) is -0.526. The van der Waals surface area contributed by atoms with Crippen LogP contribution in [0.2, 0.25) is 0 Å². The van der Waals surface area contributed by atoms with Crippen molar-refractivity contribution in [3.05, 3.63) is 0 Å². The summed E-state index contributed by atoms with van der Waals surface area (Å²) in [6, 6.07) is 0. The van der Waals surface area contributed by atoms with Crippen molar-refractivity contribution in [2.75, 3.05) is 6.61 Å². The normalized spacial score (nSPS) is 49.2. The first-order chi connectivity index (χ1) is 5.57. The van der Waals surface area contributed by atoms with Crippen LogP contribution in [0.3, 0.4) is 0 Å². The zero-order valence-corrected chi connectivity index (χ0v) is 6.24. The van der Waals surface area contributed by atoms with E-state index >= 15 is 0 Å². The van der Waals surface area contributed by atoms with E-state index in [4.69, 9.17) is 25.5 Å². The standard InChI is InChI=1S/C6H12O6/c7-1-2-3(8)4(9)5(10)6(11)12-2/h2-11H,1H2/t2-,3?,4+,5-,6+/m1/s1. The molecule has 72 valence electrons. The van der Waals surface area contributed by atoms with E-state index < -0.39 is 37.3 Å². The number of aliphatic hydroxyl groups excluding tert-OH is 5. The van der Waals surface area contributed by atoms with Crippen molar-refractivity contribution in [1.82, 2.24) is 0 Å². The first kappa shape index (κ1) is 9.85. The Morgan fingerprint density at radius 1 is 0.917 bits per heavy atom. The SMILES string of the molecule is OC[C@H]1O[C@H](O)[C@H](O)[C@@H](O)C1O. The Labute approximate surface area is 68.6 Å². The lowest BCUT2D eigenvalue weighted by molar-refractivity contribution is -0.286. The highest BCUT2D eigenvalue weighted by Gasteiger charge is 2.42. The molecule has 0 bridgehead atoms. The highest BCUT2D eigenvalue weighted by molar-refractivity contribution is 4.87. The summed E-state index contributed by atoms with van der Waals surface area (Å²) >= 11 is 0. The fourth-order valence-electron chi connectivity index (χ4n) is 1.08. The van der Waals surface area contributed by atoms with Crippen LogP contribution >= 0.6 is 0 Å². The molecule has 0 spiro atoms. The van der Waals surface area contributed by atoms with Crippen LogP contribution in [-0.4, -0.2) is 62.8 Å². The van der Waals surface area contributed by atoms with E-state index in [0.29, 0.717) is 0 Å². The summed E-state index contributed by atoms with van der Waals surface area (Å²) in [4.78, 5) is 0. The molecule has 5 N–H and O–H groups in total. The van der Waals surface area contributed by atoms with E-state index in [1.807, 2.05) is 0 Å². The van der Waals surface area contributed by atoms with E-state index in [2.05, 4.69) is 4.74 Å². The molecule has 0 radical (unpaired) electrons. The molecule has 0 amide bonds. The second-order valence-corrected chi connectivity index (χ2v) is 2.72. The maximum absolute atomic E-state index is 9.12. The smallest absolute Gasteiger partial charge is 0.184 e. The first-order valence-electron chi connectivity index (χ1n) is 3.56. The first-order valence-corrected chi connectivity index (χ1v) is 3.56. The topological polar surface area (TPSA) is 110 Å². The second-order valence-electron chi connectivity index (χ2n) is 2.72. The predicted octanol–water partition coefficient (Wildman–Crippen LogP) is -3.22. The van der Waals surface area contributed by atoms with Crippen molar-refractivity contribution in [2.24, 2.45) is 0 Å². The molecule has 6 heteroatoms. The Morgan fingerprint density at radius 3 is 2.00 bits per heavy atom. The van der Waals surface area contributed by atoms with Gasteiger partial charge in [-0.25, -0.2) is 0 Å². The molecular weight excluding hydrogens is 168 g/mol. The number of hydrogen-bond donors (Lipinski definition) is 5. The molecule has 0 aromatic rings. The van der Waals surface area contributed by atoms with Crippen LogP contribution in [0.25, 0.3) is 0 Å². The van der Waals surface area contributed by atoms with Gasteiger partial charge in [-0.15, -0.1) is 0 Å². The molecule has 1 saturated heterocycles. The van der Waals surface area contributed by atoms with Gasteiger partial charge in [-0.05, 0) is 0 Å². The molecule has 12 heavy (non-hydrogen) atoms. The Kier molecular flexibility index (Phi) is 2.99. The van der Waals surface area contributed by atoms with Gasteiger partial charge in [0.15, 0.2) is 6.29 Å². The van der Waals surface area contributed by atoms with E-state index in [0.717, 1.165) is 0 Å². The zero-order valence-electron chi connectivity index (χ0n) is 6.24. The maximum atomic E-state index is 9.12. The van der Waals surface area contributed by atoms with Crippen LogP contribution in [0.4, 0.5) is 0 Å². The third-order valence-electron chi connectivity index (χ3n) is 1.87. The van der Waals surface area contributed by atoms with E-state index in [1.165, 1.54) is 0 Å². The quantitative estimate of drug-likeness (QED) is 0.290. The Balaban J connectivity index is 2.63. The minimum Gasteiger partial charge on any atom is -0.394 e. The maximum Gasteiger partial charge on any atom is 0.184 e. The van der Waals surface area contributed by atoms with Gasteiger partial charge in [0.1, 0.15) is 24.4 Å². The number of hydrogen-bond acceptors (Lipinski definition) is 6. The molecule has 1 unspecified atom stereocenters. The molecule has 0 aromatic carbocycles. The van der Waals surface area contributed by atoms with Gasteiger partial charge in [-0.2, -0.15) is 0 Å². The predicted molar refractivity (Wildman–Crippen MR) is 36.0 cm³/mol. The summed E-state index contributed by atoms with van der Waals surface area (Å²) < 4.78 is 4.58. The lowest BCUT2D eigenvalue weighted by atomic mass is 10.00. The number of rotatable bonds is 1. The molecule has 1 aliphatic rings. The van der Waals surface area contributed by atoms with Crippen molar-refractivity contribution < 1.29 is 30.3 Å². The Bertz CT molecular complexity index is 146. The summed E-state index contributed by atoms with van der Waals surface area (Å²) in [6.07, 6.45) is -7.04. The third kappa shape index (κ3) is 1.58. The highest BCUT2D eigenvalue weighted by atomic mass is 16.6. The Morgan fingerprint density at radius 2 is 1.50 bits per heavy atom. The number of aliphatic hydroxyl groups is 5. The molecule has 1 heterocycles. The van der Waals surface area contributed by atoms with Crippen molar-refractivity contribution in [1.29, 1.82) is 0 Å². The van der Waals surface area contributed by atoms with Gasteiger partial charge in [-0.3, -0.25) is 0 Å². The molecule has 0 aliphatic carbocycles. The molecule has 1 rings (SSSR count). The van der Waals surface area contributed by atoms with Gasteiger partial charge in [0.2, 0.25) is 0 Å². The molecule has 6 nitrogen and oxygen atoms in total. The third-order valence-corrected chi connectivity index (χ3v) is 1.87. The highest BCUT2D eigenvalue weighted by Crippen LogP contribution is 2.18. The van der Waals surface area contributed by atoms with Crippen LogP contribution in [0.15, 0.2) is 0 Å². The van der Waals surface area contributed by atoms with Gasteiger partial charge >= 0.3 is 0 Å². The molecule has 0 saturated carbocycles. The molecule has 5 atom stereocenters. The van der Waals surface area contributed by atoms with Gasteiger partial charge < -0.3 is 30.3 Å². The van der Waals surface area contributed by atoms with E-state index in [-0.39, 0.29) is 0 Å². The summed E-state index contributed by atoms with van der Waals surface area (Å²) in [5, 5.41) is 44.7. The fourth-order valence-corrected chi connectivity index (χ4v) is 1.08. The zero-order chi connectivity index (χ0) is 9.30. The van der Waals surface area contributed by atoms with Crippen LogP contribution in [0.5, 0.6) is 0 Å². The van der Waals surface area contributed by atoms with Crippen LogP contribution in [-0.2, 0) is 4.74 Å². The molecule has 1 fully saturated rings. The second kappa shape index (κ2) is 3.65. The van der Waals surface area contributed by atoms with Gasteiger partial charge in [0.25, 0.3) is 0 Å². The summed E-state index contributed by atoms with van der Waals surface area (Å²) in [5.74, 6) is 0. The number of ether oxygens (including phenoxy) is 1. The van der Waals surface area contributed by atoms with Crippen molar-refractivity contribution in [3.63, 3.8) is 0 Å². The monoisotopic (exact) mass is 180 g/mol. The van der Waals surface area contributed by atoms with Crippen molar-refractivity contribution in [2.45, 2.75) is 30.7 Å². The molecule has 0 aromatic heterocycles. The van der Waals surface area contributed by atoms with E-state index in [1.54, 1.807) is 0 Å². The fraction of sp³-hybridized carbons (Fsp3) is 1.00. The minimum atomic E-state index is -1.57. The largest absolute Gasteiger partial charge is 0.394 e. The summed E-state index contributed by atoms with van der Waals surface area (Å²) in [5.41, 5.74) is 0.